The predicted octanol–water partition coefficient (Wildman–Crippen LogP) is 3.39. The standard InChI is InChI=1S/C24H26N2O5S/c1-32(28,29)26-20-9-5-8-19(13-20)22(27)15-25-21(12-17-6-3-2-4-7-17)18-10-11-23-24(14-18)31-16-30-23/h2-11,13-14,21-22,25-27H,12,15-16H2,1H3/t21-,22+/m1/s1. The molecule has 2 atom stereocenters. The molecule has 0 aliphatic carbocycles. The number of aliphatic hydroxyl groups is 1. The summed E-state index contributed by atoms with van der Waals surface area (Å²) in [6.45, 7) is 0.500. The average molecular weight is 455 g/mol. The molecule has 3 N–H and O–H groups in total. The molecule has 1 aliphatic heterocycles. The van der Waals surface area contributed by atoms with E-state index in [9.17, 15) is 13.5 Å². The van der Waals surface area contributed by atoms with Gasteiger partial charge in [0.25, 0.3) is 0 Å². The van der Waals surface area contributed by atoms with E-state index in [2.05, 4.69) is 22.2 Å². The second kappa shape index (κ2) is 9.60. The van der Waals surface area contributed by atoms with Crippen LogP contribution in [-0.2, 0) is 16.4 Å². The minimum atomic E-state index is -3.39. The van der Waals surface area contributed by atoms with E-state index in [1.165, 1.54) is 0 Å². The zero-order valence-corrected chi connectivity index (χ0v) is 18.5. The Morgan fingerprint density at radius 1 is 0.938 bits per heavy atom. The highest BCUT2D eigenvalue weighted by Gasteiger charge is 2.20. The highest BCUT2D eigenvalue weighted by Crippen LogP contribution is 2.35. The van der Waals surface area contributed by atoms with Gasteiger partial charge in [-0.3, -0.25) is 4.72 Å². The molecule has 168 valence electrons. The van der Waals surface area contributed by atoms with Crippen molar-refractivity contribution in [2.75, 3.05) is 24.3 Å². The van der Waals surface area contributed by atoms with Crippen molar-refractivity contribution in [3.05, 3.63) is 89.5 Å². The monoisotopic (exact) mass is 454 g/mol. The van der Waals surface area contributed by atoms with E-state index in [0.717, 1.165) is 29.6 Å². The number of nitrogens with one attached hydrogen (secondary N) is 2. The van der Waals surface area contributed by atoms with Crippen LogP contribution in [0.5, 0.6) is 11.5 Å². The van der Waals surface area contributed by atoms with E-state index in [1.54, 1.807) is 24.3 Å². The molecule has 0 bridgehead atoms. The van der Waals surface area contributed by atoms with Crippen molar-refractivity contribution in [1.82, 2.24) is 5.32 Å². The summed E-state index contributed by atoms with van der Waals surface area (Å²) in [5.74, 6) is 1.44. The van der Waals surface area contributed by atoms with E-state index < -0.39 is 16.1 Å². The lowest BCUT2D eigenvalue weighted by Crippen LogP contribution is -2.28. The molecule has 3 aromatic carbocycles. The van der Waals surface area contributed by atoms with Crippen molar-refractivity contribution in [2.24, 2.45) is 0 Å². The fourth-order valence-electron chi connectivity index (χ4n) is 3.68. The van der Waals surface area contributed by atoms with Gasteiger partial charge in [-0.05, 0) is 47.4 Å². The molecule has 3 aromatic rings. The fraction of sp³-hybridized carbons (Fsp3) is 0.250. The Hall–Kier alpha value is -3.07. The molecule has 8 heteroatoms. The Morgan fingerprint density at radius 2 is 1.72 bits per heavy atom. The minimum absolute atomic E-state index is 0.0705. The Morgan fingerprint density at radius 3 is 2.50 bits per heavy atom. The van der Waals surface area contributed by atoms with Crippen LogP contribution in [-0.4, -0.2) is 33.1 Å². The van der Waals surface area contributed by atoms with Crippen molar-refractivity contribution < 1.29 is 23.0 Å². The van der Waals surface area contributed by atoms with Crippen LogP contribution in [0.2, 0.25) is 0 Å². The van der Waals surface area contributed by atoms with Gasteiger partial charge in [0.2, 0.25) is 16.8 Å². The molecule has 0 amide bonds. The van der Waals surface area contributed by atoms with Crippen LogP contribution in [0.15, 0.2) is 72.8 Å². The summed E-state index contributed by atoms with van der Waals surface area (Å²) < 4.78 is 36.4. The number of aliphatic hydroxyl groups excluding tert-OH is 1. The number of hydrogen-bond acceptors (Lipinski definition) is 6. The van der Waals surface area contributed by atoms with Gasteiger partial charge in [0, 0.05) is 18.3 Å². The first kappa shape index (κ1) is 22.1. The van der Waals surface area contributed by atoms with E-state index in [1.807, 2.05) is 36.4 Å². The number of benzene rings is 3. The number of rotatable bonds is 9. The third-order valence-corrected chi connectivity index (χ3v) is 5.82. The zero-order chi connectivity index (χ0) is 22.6. The van der Waals surface area contributed by atoms with Crippen molar-refractivity contribution in [3.8, 4) is 11.5 Å². The second-order valence-corrected chi connectivity index (χ2v) is 9.53. The van der Waals surface area contributed by atoms with Crippen LogP contribution < -0.4 is 19.5 Å². The lowest BCUT2D eigenvalue weighted by atomic mass is 9.97. The molecule has 0 spiro atoms. The Balaban J connectivity index is 1.50. The number of sulfonamides is 1. The van der Waals surface area contributed by atoms with Crippen LogP contribution in [0.4, 0.5) is 5.69 Å². The van der Waals surface area contributed by atoms with Crippen molar-refractivity contribution in [1.29, 1.82) is 0 Å². The molecule has 32 heavy (non-hydrogen) atoms. The third-order valence-electron chi connectivity index (χ3n) is 5.21. The molecule has 0 radical (unpaired) electrons. The fourth-order valence-corrected chi connectivity index (χ4v) is 4.24. The SMILES string of the molecule is CS(=O)(=O)Nc1cccc([C@@H](O)CN[C@H](Cc2ccccc2)c2ccc3c(c2)OCO3)c1. The summed E-state index contributed by atoms with van der Waals surface area (Å²) in [6, 6.07) is 22.7. The van der Waals surface area contributed by atoms with Gasteiger partial charge in [-0.2, -0.15) is 0 Å². The third kappa shape index (κ3) is 5.79. The van der Waals surface area contributed by atoms with Gasteiger partial charge < -0.3 is 19.9 Å². The maximum atomic E-state index is 11.5. The van der Waals surface area contributed by atoms with Gasteiger partial charge in [0.15, 0.2) is 11.5 Å². The summed E-state index contributed by atoms with van der Waals surface area (Å²) in [7, 11) is -3.39. The molecule has 1 heterocycles. The molecule has 1 aliphatic rings. The highest BCUT2D eigenvalue weighted by molar-refractivity contribution is 7.92. The Kier molecular flexibility index (Phi) is 6.64. The average Bonchev–Trinajstić information content (AvgIpc) is 3.24. The number of fused-ring (bicyclic) bond motifs is 1. The quantitative estimate of drug-likeness (QED) is 0.459. The molecular formula is C24H26N2O5S. The summed E-state index contributed by atoms with van der Waals surface area (Å²) >= 11 is 0. The van der Waals surface area contributed by atoms with Crippen molar-refractivity contribution in [2.45, 2.75) is 18.6 Å². The van der Waals surface area contributed by atoms with E-state index in [4.69, 9.17) is 9.47 Å². The maximum absolute atomic E-state index is 11.5. The molecular weight excluding hydrogens is 428 g/mol. The van der Waals surface area contributed by atoms with Crippen LogP contribution in [0.1, 0.15) is 28.8 Å². The first-order valence-corrected chi connectivity index (χ1v) is 12.2. The number of hydrogen-bond donors (Lipinski definition) is 3. The molecule has 0 saturated heterocycles. The minimum Gasteiger partial charge on any atom is -0.454 e. The molecule has 0 saturated carbocycles. The van der Waals surface area contributed by atoms with Crippen LogP contribution in [0.25, 0.3) is 0 Å². The summed E-state index contributed by atoms with van der Waals surface area (Å²) in [5.41, 5.74) is 3.23. The lowest BCUT2D eigenvalue weighted by molar-refractivity contribution is 0.169. The smallest absolute Gasteiger partial charge is 0.231 e. The number of ether oxygens (including phenoxy) is 2. The van der Waals surface area contributed by atoms with Gasteiger partial charge in [-0.15, -0.1) is 0 Å². The first-order chi connectivity index (χ1) is 15.4. The summed E-state index contributed by atoms with van der Waals surface area (Å²) in [6.07, 6.45) is 1.00. The summed E-state index contributed by atoms with van der Waals surface area (Å²) in [5, 5.41) is 14.2. The summed E-state index contributed by atoms with van der Waals surface area (Å²) in [4.78, 5) is 0. The molecule has 4 rings (SSSR count). The Labute approximate surface area is 188 Å². The molecule has 0 fully saturated rings. The van der Waals surface area contributed by atoms with Crippen molar-refractivity contribution >= 4 is 15.7 Å². The van der Waals surface area contributed by atoms with E-state index >= 15 is 0 Å². The predicted molar refractivity (Wildman–Crippen MR) is 123 cm³/mol. The zero-order valence-electron chi connectivity index (χ0n) is 17.7. The highest BCUT2D eigenvalue weighted by atomic mass is 32.2. The van der Waals surface area contributed by atoms with Gasteiger partial charge in [0.1, 0.15) is 0 Å². The number of anilines is 1. The molecule has 0 aromatic heterocycles. The van der Waals surface area contributed by atoms with Crippen LogP contribution >= 0.6 is 0 Å². The molecule has 7 nitrogen and oxygen atoms in total. The topological polar surface area (TPSA) is 96.9 Å². The largest absolute Gasteiger partial charge is 0.454 e. The maximum Gasteiger partial charge on any atom is 0.231 e. The van der Waals surface area contributed by atoms with E-state index in [0.29, 0.717) is 17.0 Å². The second-order valence-electron chi connectivity index (χ2n) is 7.78. The van der Waals surface area contributed by atoms with Crippen LogP contribution in [0.3, 0.4) is 0 Å². The Bertz CT molecular complexity index is 1170. The normalized spacial score (nSPS) is 14.7. The lowest BCUT2D eigenvalue weighted by Gasteiger charge is -2.22. The van der Waals surface area contributed by atoms with E-state index in [-0.39, 0.29) is 19.4 Å². The van der Waals surface area contributed by atoms with Gasteiger partial charge in [0.05, 0.1) is 12.4 Å². The first-order valence-electron chi connectivity index (χ1n) is 10.3. The van der Waals surface area contributed by atoms with Crippen molar-refractivity contribution in [3.63, 3.8) is 0 Å². The van der Waals surface area contributed by atoms with Gasteiger partial charge in [-0.25, -0.2) is 8.42 Å². The van der Waals surface area contributed by atoms with Gasteiger partial charge in [-0.1, -0.05) is 48.5 Å². The van der Waals surface area contributed by atoms with Crippen LogP contribution in [0, 0.1) is 0 Å². The van der Waals surface area contributed by atoms with Gasteiger partial charge >= 0.3 is 0 Å². The molecule has 0 unspecified atom stereocenters.